The maximum Gasteiger partial charge on any atom is 0.269 e. The number of hydrogen-bond acceptors (Lipinski definition) is 3. The highest BCUT2D eigenvalue weighted by Crippen LogP contribution is 2.17. The van der Waals surface area contributed by atoms with Crippen LogP contribution in [0.15, 0.2) is 35.3 Å². The van der Waals surface area contributed by atoms with Gasteiger partial charge in [-0.15, -0.1) is 0 Å². The smallest absolute Gasteiger partial charge is 0.269 e. The highest BCUT2D eigenvalue weighted by Gasteiger charge is 2.06. The number of hydrogen-bond donors (Lipinski definition) is 1. The Labute approximate surface area is 121 Å². The average Bonchev–Trinajstić information content (AvgIpc) is 2.34. The van der Waals surface area contributed by atoms with Crippen LogP contribution in [-0.2, 0) is 6.54 Å². The maximum atomic E-state index is 13.0. The number of halogens is 2. The maximum absolute atomic E-state index is 13.0. The van der Waals surface area contributed by atoms with Crippen molar-refractivity contribution in [1.82, 2.24) is 9.78 Å². The van der Waals surface area contributed by atoms with Crippen molar-refractivity contribution in [3.05, 3.63) is 57.2 Å². The molecule has 0 aliphatic rings. The summed E-state index contributed by atoms with van der Waals surface area (Å²) in [5, 5.41) is 7.46. The van der Waals surface area contributed by atoms with E-state index in [-0.39, 0.29) is 23.2 Å². The highest BCUT2D eigenvalue weighted by molar-refractivity contribution is 6.31. The van der Waals surface area contributed by atoms with Crippen LogP contribution in [0, 0.1) is 5.82 Å². The summed E-state index contributed by atoms with van der Waals surface area (Å²) in [6, 6.07) is 5.77. The molecule has 1 aromatic heterocycles. The molecule has 0 aliphatic heterocycles. The molecule has 0 saturated carbocycles. The lowest BCUT2D eigenvalue weighted by atomic mass is 10.2. The molecule has 0 bridgehead atoms. The van der Waals surface area contributed by atoms with E-state index in [0.29, 0.717) is 11.3 Å². The van der Waals surface area contributed by atoms with Gasteiger partial charge in [-0.1, -0.05) is 17.7 Å². The van der Waals surface area contributed by atoms with Gasteiger partial charge in [0.2, 0.25) is 0 Å². The minimum atomic E-state index is -0.407. The van der Waals surface area contributed by atoms with Crippen LogP contribution in [0.3, 0.4) is 0 Å². The zero-order valence-electron chi connectivity index (χ0n) is 11.2. The van der Waals surface area contributed by atoms with Crippen LogP contribution in [-0.4, -0.2) is 15.8 Å². The Morgan fingerprint density at radius 1 is 1.40 bits per heavy atom. The number of benzene rings is 1. The summed E-state index contributed by atoms with van der Waals surface area (Å²) < 4.78 is 14.2. The van der Waals surface area contributed by atoms with E-state index in [2.05, 4.69) is 10.4 Å². The van der Waals surface area contributed by atoms with Crippen molar-refractivity contribution in [2.45, 2.75) is 26.4 Å². The second-order valence-electron chi connectivity index (χ2n) is 4.77. The van der Waals surface area contributed by atoms with Crippen molar-refractivity contribution in [1.29, 1.82) is 0 Å². The molecule has 6 heteroatoms. The first-order valence-corrected chi connectivity index (χ1v) is 6.61. The molecule has 0 amide bonds. The van der Waals surface area contributed by atoms with E-state index in [1.54, 1.807) is 12.3 Å². The third-order valence-corrected chi connectivity index (χ3v) is 3.01. The molecule has 1 heterocycles. The Kier molecular flexibility index (Phi) is 4.39. The molecule has 2 rings (SSSR count). The van der Waals surface area contributed by atoms with E-state index in [0.717, 1.165) is 0 Å². The molecule has 0 fully saturated rings. The number of rotatable bonds is 4. The summed E-state index contributed by atoms with van der Waals surface area (Å²) in [4.78, 5) is 11.9. The fourth-order valence-electron chi connectivity index (χ4n) is 1.78. The molecule has 0 saturated heterocycles. The molecule has 0 radical (unpaired) electrons. The van der Waals surface area contributed by atoms with Crippen molar-refractivity contribution in [2.24, 2.45) is 0 Å². The van der Waals surface area contributed by atoms with Crippen LogP contribution in [0.1, 0.15) is 19.4 Å². The fourth-order valence-corrected chi connectivity index (χ4v) is 2.00. The van der Waals surface area contributed by atoms with Gasteiger partial charge < -0.3 is 5.32 Å². The topological polar surface area (TPSA) is 46.9 Å². The minimum absolute atomic E-state index is 0.208. The third kappa shape index (κ3) is 3.57. The molecular formula is C14H15ClFN3O. The van der Waals surface area contributed by atoms with Crippen molar-refractivity contribution in [2.75, 3.05) is 5.32 Å². The summed E-state index contributed by atoms with van der Waals surface area (Å²) in [5.41, 5.74) is 1.08. The van der Waals surface area contributed by atoms with Gasteiger partial charge in [0.1, 0.15) is 5.82 Å². The normalized spacial score (nSPS) is 10.8. The lowest BCUT2D eigenvalue weighted by Crippen LogP contribution is -2.24. The molecule has 20 heavy (non-hydrogen) atoms. The third-order valence-electron chi connectivity index (χ3n) is 2.66. The van der Waals surface area contributed by atoms with Crippen molar-refractivity contribution in [3.63, 3.8) is 0 Å². The van der Waals surface area contributed by atoms with Gasteiger partial charge in [-0.3, -0.25) is 4.79 Å². The largest absolute Gasteiger partial charge is 0.381 e. The fraction of sp³-hybridized carbons (Fsp3) is 0.286. The number of anilines is 1. The zero-order valence-corrected chi connectivity index (χ0v) is 12.0. The lowest BCUT2D eigenvalue weighted by molar-refractivity contribution is 0.619. The van der Waals surface area contributed by atoms with E-state index < -0.39 is 5.82 Å². The number of nitrogens with one attached hydrogen (secondary N) is 1. The second kappa shape index (κ2) is 6.05. The van der Waals surface area contributed by atoms with Crippen LogP contribution in [0.2, 0.25) is 5.02 Å². The SMILES string of the molecule is CC(C)Nc1cnn(Cc2ccc(F)cc2Cl)c(=O)c1. The van der Waals surface area contributed by atoms with Crippen LogP contribution < -0.4 is 10.9 Å². The van der Waals surface area contributed by atoms with Crippen molar-refractivity contribution >= 4 is 17.3 Å². The van der Waals surface area contributed by atoms with E-state index in [4.69, 9.17) is 11.6 Å². The van der Waals surface area contributed by atoms with E-state index >= 15 is 0 Å². The molecule has 0 atom stereocenters. The predicted molar refractivity (Wildman–Crippen MR) is 77.8 cm³/mol. The Bertz CT molecular complexity index is 670. The Morgan fingerprint density at radius 2 is 2.15 bits per heavy atom. The minimum Gasteiger partial charge on any atom is -0.381 e. The van der Waals surface area contributed by atoms with E-state index in [1.807, 2.05) is 13.8 Å². The standard InChI is InChI=1S/C14H15ClFN3O/c1-9(2)18-12-6-14(20)19(17-7-12)8-10-3-4-11(16)5-13(10)15/h3-7,9,18H,8H2,1-2H3. The summed E-state index contributed by atoms with van der Waals surface area (Å²) >= 11 is 5.94. The zero-order chi connectivity index (χ0) is 14.7. The molecule has 106 valence electrons. The van der Waals surface area contributed by atoms with Crippen molar-refractivity contribution < 1.29 is 4.39 Å². The van der Waals surface area contributed by atoms with Gasteiger partial charge in [0.05, 0.1) is 18.4 Å². The first-order chi connectivity index (χ1) is 9.45. The van der Waals surface area contributed by atoms with Gasteiger partial charge in [-0.25, -0.2) is 9.07 Å². The van der Waals surface area contributed by atoms with Crippen LogP contribution >= 0.6 is 11.6 Å². The van der Waals surface area contributed by atoms with E-state index in [1.165, 1.54) is 22.9 Å². The molecule has 4 nitrogen and oxygen atoms in total. The predicted octanol–water partition coefficient (Wildman–Crippen LogP) is 2.90. The second-order valence-corrected chi connectivity index (χ2v) is 5.18. The monoisotopic (exact) mass is 295 g/mol. The number of nitrogens with zero attached hydrogens (tertiary/aromatic N) is 2. The van der Waals surface area contributed by atoms with Crippen LogP contribution in [0.25, 0.3) is 0 Å². The average molecular weight is 296 g/mol. The summed E-state index contributed by atoms with van der Waals surface area (Å²) in [7, 11) is 0. The first-order valence-electron chi connectivity index (χ1n) is 6.23. The highest BCUT2D eigenvalue weighted by atomic mass is 35.5. The van der Waals surface area contributed by atoms with E-state index in [9.17, 15) is 9.18 Å². The summed E-state index contributed by atoms with van der Waals surface area (Å²) in [5.74, 6) is -0.407. The molecule has 0 aliphatic carbocycles. The molecule has 0 unspecified atom stereocenters. The molecule has 1 aromatic carbocycles. The first kappa shape index (κ1) is 14.5. The molecule has 0 spiro atoms. The lowest BCUT2D eigenvalue weighted by Gasteiger charge is -2.11. The Balaban J connectivity index is 2.23. The van der Waals surface area contributed by atoms with Crippen molar-refractivity contribution in [3.8, 4) is 0 Å². The Hall–Kier alpha value is -1.88. The van der Waals surface area contributed by atoms with Crippen LogP contribution in [0.5, 0.6) is 0 Å². The van der Waals surface area contributed by atoms with Gasteiger partial charge in [0.25, 0.3) is 5.56 Å². The molecular weight excluding hydrogens is 281 g/mol. The van der Waals surface area contributed by atoms with Gasteiger partial charge in [0.15, 0.2) is 0 Å². The summed E-state index contributed by atoms with van der Waals surface area (Å²) in [6.07, 6.45) is 1.58. The van der Waals surface area contributed by atoms with Gasteiger partial charge in [-0.2, -0.15) is 5.10 Å². The number of aromatic nitrogens is 2. The van der Waals surface area contributed by atoms with Crippen LogP contribution in [0.4, 0.5) is 10.1 Å². The molecule has 2 aromatic rings. The van der Waals surface area contributed by atoms with Gasteiger partial charge in [0, 0.05) is 17.1 Å². The Morgan fingerprint density at radius 3 is 2.75 bits per heavy atom. The van der Waals surface area contributed by atoms with Gasteiger partial charge >= 0.3 is 0 Å². The quantitative estimate of drug-likeness (QED) is 0.943. The molecule has 1 N–H and O–H groups in total. The van der Waals surface area contributed by atoms with Gasteiger partial charge in [-0.05, 0) is 31.5 Å². The summed E-state index contributed by atoms with van der Waals surface area (Å²) in [6.45, 7) is 4.16.